The van der Waals surface area contributed by atoms with Gasteiger partial charge < -0.3 is 0 Å². The van der Waals surface area contributed by atoms with E-state index in [-0.39, 0.29) is 0 Å². The number of rotatable bonds is 4. The summed E-state index contributed by atoms with van der Waals surface area (Å²) < 4.78 is 28.0. The first-order valence-corrected chi connectivity index (χ1v) is 6.84. The van der Waals surface area contributed by atoms with E-state index in [0.29, 0.717) is 5.69 Å². The SMILES string of the molecule is C/C=N/S(=O)(=O)N(SC)c1ccccc1. The first-order chi connectivity index (χ1) is 7.11. The molecule has 0 aliphatic rings. The molecule has 0 aromatic heterocycles. The molecule has 0 bridgehead atoms. The minimum atomic E-state index is -3.61. The van der Waals surface area contributed by atoms with Crippen molar-refractivity contribution in [2.45, 2.75) is 6.92 Å². The smallest absolute Gasteiger partial charge is 0.194 e. The second kappa shape index (κ2) is 5.18. The molecule has 0 heterocycles. The highest BCUT2D eigenvalue weighted by Crippen LogP contribution is 2.24. The fourth-order valence-electron chi connectivity index (χ4n) is 1.06. The predicted octanol–water partition coefficient (Wildman–Crippen LogP) is 2.11. The van der Waals surface area contributed by atoms with Gasteiger partial charge in [0.05, 0.1) is 5.69 Å². The van der Waals surface area contributed by atoms with Crippen molar-refractivity contribution in [3.63, 3.8) is 0 Å². The summed E-state index contributed by atoms with van der Waals surface area (Å²) in [5, 5.41) is 0. The fourth-order valence-corrected chi connectivity index (χ4v) is 3.00. The summed E-state index contributed by atoms with van der Waals surface area (Å²) in [5.74, 6) is 0. The molecule has 0 aliphatic carbocycles. The second-order valence-corrected chi connectivity index (χ2v) is 5.02. The molecule has 82 valence electrons. The van der Waals surface area contributed by atoms with Crippen molar-refractivity contribution in [2.24, 2.45) is 4.40 Å². The molecule has 0 saturated heterocycles. The molecule has 6 heteroatoms. The van der Waals surface area contributed by atoms with Gasteiger partial charge in [-0.15, -0.1) is 0 Å². The Hall–Kier alpha value is -1.01. The van der Waals surface area contributed by atoms with Gasteiger partial charge in [0.25, 0.3) is 0 Å². The predicted molar refractivity (Wildman–Crippen MR) is 65.5 cm³/mol. The van der Waals surface area contributed by atoms with Crippen LogP contribution in [0.4, 0.5) is 5.69 Å². The summed E-state index contributed by atoms with van der Waals surface area (Å²) in [7, 11) is -3.61. The summed E-state index contributed by atoms with van der Waals surface area (Å²) in [6.45, 7) is 1.57. The molecule has 0 fully saturated rings. The number of benzene rings is 1. The van der Waals surface area contributed by atoms with Crippen molar-refractivity contribution in [3.8, 4) is 0 Å². The molecule has 0 aliphatic heterocycles. The highest BCUT2D eigenvalue weighted by molar-refractivity contribution is 8.13. The molecule has 0 saturated carbocycles. The zero-order valence-corrected chi connectivity index (χ0v) is 10.1. The molecular formula is C9H12N2O2S2. The fraction of sp³-hybridized carbons (Fsp3) is 0.222. The normalized spacial score (nSPS) is 11.9. The standard InChI is InChI=1S/C9H12N2O2S2/c1-3-10-15(12,13)11(14-2)9-7-5-4-6-8-9/h3-8H,1-2H3/b10-3+. The van der Waals surface area contributed by atoms with Crippen LogP contribution in [0.2, 0.25) is 0 Å². The summed E-state index contributed by atoms with van der Waals surface area (Å²) >= 11 is 1.10. The van der Waals surface area contributed by atoms with Crippen molar-refractivity contribution in [1.29, 1.82) is 0 Å². The number of nitrogens with zero attached hydrogens (tertiary/aromatic N) is 2. The monoisotopic (exact) mass is 244 g/mol. The lowest BCUT2D eigenvalue weighted by Gasteiger charge is -2.17. The Kier molecular flexibility index (Phi) is 4.16. The molecule has 0 N–H and O–H groups in total. The lowest BCUT2D eigenvalue weighted by atomic mass is 10.3. The highest BCUT2D eigenvalue weighted by Gasteiger charge is 2.19. The van der Waals surface area contributed by atoms with E-state index in [2.05, 4.69) is 4.40 Å². The van der Waals surface area contributed by atoms with Crippen LogP contribution in [0.5, 0.6) is 0 Å². The number of hydrogen-bond acceptors (Lipinski definition) is 3. The van der Waals surface area contributed by atoms with E-state index in [4.69, 9.17) is 0 Å². The van der Waals surface area contributed by atoms with Crippen molar-refractivity contribution < 1.29 is 8.42 Å². The van der Waals surface area contributed by atoms with Gasteiger partial charge in [0.15, 0.2) is 0 Å². The van der Waals surface area contributed by atoms with Crippen LogP contribution in [0.15, 0.2) is 34.7 Å². The lowest BCUT2D eigenvalue weighted by Crippen LogP contribution is -2.21. The third kappa shape index (κ3) is 2.97. The van der Waals surface area contributed by atoms with Crippen LogP contribution in [-0.4, -0.2) is 20.9 Å². The van der Waals surface area contributed by atoms with Gasteiger partial charge in [0.2, 0.25) is 0 Å². The van der Waals surface area contributed by atoms with Crippen molar-refractivity contribution in [2.75, 3.05) is 9.97 Å². The maximum Gasteiger partial charge on any atom is 0.353 e. The van der Waals surface area contributed by atoms with E-state index >= 15 is 0 Å². The van der Waals surface area contributed by atoms with Crippen LogP contribution >= 0.6 is 11.9 Å². The zero-order chi connectivity index (χ0) is 11.3. The molecule has 15 heavy (non-hydrogen) atoms. The van der Waals surface area contributed by atoms with E-state index in [9.17, 15) is 8.42 Å². The molecular weight excluding hydrogens is 232 g/mol. The van der Waals surface area contributed by atoms with E-state index in [0.717, 1.165) is 11.9 Å². The summed E-state index contributed by atoms with van der Waals surface area (Å²) in [6, 6.07) is 8.84. The van der Waals surface area contributed by atoms with Crippen molar-refractivity contribution >= 4 is 34.1 Å². The molecule has 0 unspecified atom stereocenters. The van der Waals surface area contributed by atoms with Gasteiger partial charge in [-0.2, -0.15) is 16.5 Å². The topological polar surface area (TPSA) is 49.7 Å². The molecule has 1 aromatic carbocycles. The van der Waals surface area contributed by atoms with Gasteiger partial charge >= 0.3 is 10.2 Å². The van der Waals surface area contributed by atoms with Gasteiger partial charge in [-0.05, 0) is 31.0 Å². The van der Waals surface area contributed by atoms with Crippen molar-refractivity contribution in [1.82, 2.24) is 0 Å². The van der Waals surface area contributed by atoms with Gasteiger partial charge in [0.1, 0.15) is 0 Å². The largest absolute Gasteiger partial charge is 0.353 e. The van der Waals surface area contributed by atoms with Crippen LogP contribution < -0.4 is 3.71 Å². The second-order valence-electron chi connectivity index (χ2n) is 2.59. The molecule has 0 atom stereocenters. The maximum absolute atomic E-state index is 11.7. The van der Waals surface area contributed by atoms with Crippen LogP contribution in [-0.2, 0) is 10.2 Å². The van der Waals surface area contributed by atoms with E-state index in [1.165, 1.54) is 9.93 Å². The Bertz CT molecular complexity index is 429. The molecule has 1 aromatic rings. The molecule has 0 spiro atoms. The Balaban J connectivity index is 3.11. The number of anilines is 1. The molecule has 0 amide bonds. The van der Waals surface area contributed by atoms with Crippen LogP contribution in [0.25, 0.3) is 0 Å². The van der Waals surface area contributed by atoms with Gasteiger partial charge in [0, 0.05) is 12.5 Å². The third-order valence-electron chi connectivity index (χ3n) is 1.58. The maximum atomic E-state index is 11.7. The Morgan fingerprint density at radius 3 is 2.40 bits per heavy atom. The minimum Gasteiger partial charge on any atom is -0.194 e. The van der Waals surface area contributed by atoms with E-state index in [1.54, 1.807) is 37.4 Å². The van der Waals surface area contributed by atoms with Gasteiger partial charge in [-0.1, -0.05) is 18.2 Å². The Morgan fingerprint density at radius 1 is 1.33 bits per heavy atom. The van der Waals surface area contributed by atoms with Crippen molar-refractivity contribution in [3.05, 3.63) is 30.3 Å². The first-order valence-electron chi connectivity index (χ1n) is 4.26. The summed E-state index contributed by atoms with van der Waals surface area (Å²) in [4.78, 5) is 0. The highest BCUT2D eigenvalue weighted by atomic mass is 32.3. The molecule has 1 rings (SSSR count). The van der Waals surface area contributed by atoms with Gasteiger partial charge in [-0.25, -0.2) is 0 Å². The Morgan fingerprint density at radius 2 is 1.93 bits per heavy atom. The van der Waals surface area contributed by atoms with Crippen LogP contribution in [0.1, 0.15) is 6.92 Å². The molecule has 0 radical (unpaired) electrons. The number of hydrogen-bond donors (Lipinski definition) is 0. The molecule has 4 nitrogen and oxygen atoms in total. The average Bonchev–Trinajstić information content (AvgIpc) is 2.19. The lowest BCUT2D eigenvalue weighted by molar-refractivity contribution is 0.600. The number of para-hydroxylation sites is 1. The first kappa shape index (κ1) is 12.1. The summed E-state index contributed by atoms with van der Waals surface area (Å²) in [5.41, 5.74) is 0.593. The Labute approximate surface area is 94.3 Å². The van der Waals surface area contributed by atoms with E-state index in [1.807, 2.05) is 6.07 Å². The minimum absolute atomic E-state index is 0.593. The van der Waals surface area contributed by atoms with Crippen LogP contribution in [0.3, 0.4) is 0 Å². The summed E-state index contributed by atoms with van der Waals surface area (Å²) in [6.07, 6.45) is 2.96. The van der Waals surface area contributed by atoms with Crippen LogP contribution in [0, 0.1) is 0 Å². The third-order valence-corrected chi connectivity index (χ3v) is 4.24. The van der Waals surface area contributed by atoms with Gasteiger partial charge in [-0.3, -0.25) is 0 Å². The zero-order valence-electron chi connectivity index (χ0n) is 8.49. The average molecular weight is 244 g/mol. The van der Waals surface area contributed by atoms with E-state index < -0.39 is 10.2 Å². The quantitative estimate of drug-likeness (QED) is 0.602.